The second-order valence-electron chi connectivity index (χ2n) is 2.47. The Labute approximate surface area is 69.5 Å². The maximum absolute atomic E-state index is 11.1. The molecule has 1 saturated heterocycles. The van der Waals surface area contributed by atoms with Gasteiger partial charge < -0.3 is 10.1 Å². The highest BCUT2D eigenvalue weighted by Crippen LogP contribution is 2.06. The third-order valence-electron chi connectivity index (χ3n) is 1.67. The monoisotopic (exact) mass is 170 g/mol. The van der Waals surface area contributed by atoms with Gasteiger partial charge in [-0.05, 0) is 24.9 Å². The topological polar surface area (TPSA) is 87.1 Å². The summed E-state index contributed by atoms with van der Waals surface area (Å²) in [5.41, 5.74) is 7.90. The fourth-order valence-corrected chi connectivity index (χ4v) is 1.10. The van der Waals surface area contributed by atoms with Crippen LogP contribution in [-0.4, -0.2) is 25.3 Å². The number of ether oxygens (including phenoxy) is 1. The van der Waals surface area contributed by atoms with Gasteiger partial charge in [0, 0.05) is 4.91 Å². The summed E-state index contributed by atoms with van der Waals surface area (Å²) in [5, 5.41) is 6.07. The fraction of sp³-hybridized carbons (Fsp3) is 0.833. The molecule has 0 unspecified atom stereocenters. The van der Waals surface area contributed by atoms with E-state index in [-0.39, 0.29) is 18.7 Å². The molecule has 1 atom stereocenters. The molecule has 6 nitrogen and oxygen atoms in total. The van der Waals surface area contributed by atoms with Crippen LogP contribution in [0.15, 0.2) is 5.11 Å². The van der Waals surface area contributed by atoms with Crippen molar-refractivity contribution in [1.29, 1.82) is 0 Å². The van der Waals surface area contributed by atoms with Crippen molar-refractivity contribution in [3.8, 4) is 0 Å². The number of rotatable bonds is 3. The number of azide groups is 1. The molecule has 0 aromatic rings. The summed E-state index contributed by atoms with van der Waals surface area (Å²) >= 11 is 0. The lowest BCUT2D eigenvalue weighted by atomic mass is 10.2. The number of esters is 1. The maximum Gasteiger partial charge on any atom is 0.323 e. The minimum atomic E-state index is -0.333. The molecule has 0 bridgehead atoms. The molecule has 1 aliphatic rings. The number of carbonyl (C=O) groups is 1. The van der Waals surface area contributed by atoms with Gasteiger partial charge in [-0.3, -0.25) is 4.79 Å². The zero-order valence-electron chi connectivity index (χ0n) is 6.56. The van der Waals surface area contributed by atoms with Crippen LogP contribution in [0.3, 0.4) is 0 Å². The Morgan fingerprint density at radius 3 is 3.25 bits per heavy atom. The van der Waals surface area contributed by atoms with Crippen molar-refractivity contribution >= 4 is 5.97 Å². The van der Waals surface area contributed by atoms with Crippen LogP contribution in [0.25, 0.3) is 10.4 Å². The Balaban J connectivity index is 2.22. The molecule has 1 fully saturated rings. The van der Waals surface area contributed by atoms with Crippen molar-refractivity contribution in [3.05, 3.63) is 10.4 Å². The van der Waals surface area contributed by atoms with Crippen LogP contribution in [0.1, 0.15) is 12.8 Å². The lowest BCUT2D eigenvalue weighted by molar-refractivity contribution is -0.145. The molecule has 6 heteroatoms. The zero-order valence-corrected chi connectivity index (χ0v) is 6.56. The largest absolute Gasteiger partial charge is 0.458 e. The van der Waals surface area contributed by atoms with Gasteiger partial charge in [0.25, 0.3) is 0 Å². The summed E-state index contributed by atoms with van der Waals surface area (Å²) in [6.07, 6.45) is 1.79. The van der Waals surface area contributed by atoms with Gasteiger partial charge in [0.15, 0.2) is 6.73 Å². The van der Waals surface area contributed by atoms with E-state index >= 15 is 0 Å². The molecule has 1 N–H and O–H groups in total. The first kappa shape index (κ1) is 8.83. The molecule has 1 rings (SSSR count). The zero-order chi connectivity index (χ0) is 8.81. The van der Waals surface area contributed by atoms with Crippen LogP contribution < -0.4 is 5.32 Å². The van der Waals surface area contributed by atoms with Gasteiger partial charge in [0.05, 0.1) is 0 Å². The van der Waals surface area contributed by atoms with Crippen LogP contribution in [0.2, 0.25) is 0 Å². The Kier molecular flexibility index (Phi) is 3.37. The molecule has 0 amide bonds. The average molecular weight is 170 g/mol. The first-order valence-corrected chi connectivity index (χ1v) is 3.75. The van der Waals surface area contributed by atoms with Crippen LogP contribution in [0.4, 0.5) is 0 Å². The first-order chi connectivity index (χ1) is 5.84. The summed E-state index contributed by atoms with van der Waals surface area (Å²) < 4.78 is 4.64. The molecular weight excluding hydrogens is 160 g/mol. The highest BCUT2D eigenvalue weighted by atomic mass is 16.5. The van der Waals surface area contributed by atoms with E-state index in [4.69, 9.17) is 5.53 Å². The van der Waals surface area contributed by atoms with Gasteiger partial charge in [-0.15, -0.1) is 0 Å². The van der Waals surface area contributed by atoms with E-state index in [0.29, 0.717) is 0 Å². The van der Waals surface area contributed by atoms with Crippen LogP contribution in [-0.2, 0) is 9.53 Å². The molecule has 12 heavy (non-hydrogen) atoms. The van der Waals surface area contributed by atoms with Crippen molar-refractivity contribution in [2.24, 2.45) is 5.11 Å². The highest BCUT2D eigenvalue weighted by molar-refractivity contribution is 5.76. The third-order valence-corrected chi connectivity index (χ3v) is 1.67. The minimum Gasteiger partial charge on any atom is -0.458 e. The summed E-state index contributed by atoms with van der Waals surface area (Å²) in [7, 11) is 0. The maximum atomic E-state index is 11.1. The first-order valence-electron chi connectivity index (χ1n) is 3.75. The smallest absolute Gasteiger partial charge is 0.323 e. The van der Waals surface area contributed by atoms with E-state index < -0.39 is 0 Å². The molecule has 1 heterocycles. The van der Waals surface area contributed by atoms with Gasteiger partial charge >= 0.3 is 5.97 Å². The normalized spacial score (nSPS) is 21.5. The van der Waals surface area contributed by atoms with Crippen molar-refractivity contribution < 1.29 is 9.53 Å². The Morgan fingerprint density at radius 1 is 1.83 bits per heavy atom. The molecule has 0 spiro atoms. The van der Waals surface area contributed by atoms with E-state index in [0.717, 1.165) is 19.4 Å². The summed E-state index contributed by atoms with van der Waals surface area (Å²) in [4.78, 5) is 13.5. The predicted octanol–water partition coefficient (Wildman–Crippen LogP) is 0.549. The van der Waals surface area contributed by atoms with E-state index in [1.165, 1.54) is 0 Å². The van der Waals surface area contributed by atoms with Gasteiger partial charge in [0.1, 0.15) is 6.04 Å². The molecule has 0 aliphatic carbocycles. The Hall–Kier alpha value is -1.26. The second-order valence-corrected chi connectivity index (χ2v) is 2.47. The average Bonchev–Trinajstić information content (AvgIpc) is 2.56. The van der Waals surface area contributed by atoms with Crippen molar-refractivity contribution in [1.82, 2.24) is 5.32 Å². The van der Waals surface area contributed by atoms with Crippen LogP contribution >= 0.6 is 0 Å². The molecule has 0 radical (unpaired) electrons. The van der Waals surface area contributed by atoms with Gasteiger partial charge in [0.2, 0.25) is 0 Å². The number of carbonyl (C=O) groups excluding carboxylic acids is 1. The number of nitrogens with one attached hydrogen (secondary N) is 1. The molecule has 0 aromatic carbocycles. The van der Waals surface area contributed by atoms with E-state index in [1.54, 1.807) is 0 Å². The van der Waals surface area contributed by atoms with Crippen molar-refractivity contribution in [2.45, 2.75) is 18.9 Å². The highest BCUT2D eigenvalue weighted by Gasteiger charge is 2.22. The molecule has 0 saturated carbocycles. The van der Waals surface area contributed by atoms with E-state index in [2.05, 4.69) is 20.1 Å². The summed E-state index contributed by atoms with van der Waals surface area (Å²) in [6.45, 7) is 0.634. The number of hydrogen-bond acceptors (Lipinski definition) is 4. The standard InChI is InChI=1S/C6H10N4O2/c7-10-9-4-12-6(11)5-2-1-3-8-5/h5,8H,1-4H2/t5-/m0/s1. The molecular formula is C6H10N4O2. The van der Waals surface area contributed by atoms with Gasteiger partial charge in [-0.2, -0.15) is 0 Å². The summed E-state index contributed by atoms with van der Waals surface area (Å²) in [6, 6.07) is -0.209. The second kappa shape index (κ2) is 4.58. The molecule has 0 aromatic heterocycles. The molecule has 66 valence electrons. The van der Waals surface area contributed by atoms with E-state index in [1.807, 2.05) is 0 Å². The minimum absolute atomic E-state index is 0.209. The fourth-order valence-electron chi connectivity index (χ4n) is 1.10. The summed E-state index contributed by atoms with van der Waals surface area (Å²) in [5.74, 6) is -0.333. The number of hydrogen-bond donors (Lipinski definition) is 1. The van der Waals surface area contributed by atoms with Crippen LogP contribution in [0.5, 0.6) is 0 Å². The lowest BCUT2D eigenvalue weighted by Gasteiger charge is -2.07. The Bertz CT molecular complexity index is 206. The predicted molar refractivity (Wildman–Crippen MR) is 41.1 cm³/mol. The Morgan fingerprint density at radius 2 is 2.67 bits per heavy atom. The van der Waals surface area contributed by atoms with Crippen LogP contribution in [0, 0.1) is 0 Å². The number of nitrogens with zero attached hydrogens (tertiary/aromatic N) is 3. The van der Waals surface area contributed by atoms with Crippen molar-refractivity contribution in [3.63, 3.8) is 0 Å². The third kappa shape index (κ3) is 2.41. The van der Waals surface area contributed by atoms with Gasteiger partial charge in [-0.25, -0.2) is 0 Å². The molecule has 1 aliphatic heterocycles. The quantitative estimate of drug-likeness (QED) is 0.290. The van der Waals surface area contributed by atoms with Crippen molar-refractivity contribution in [2.75, 3.05) is 13.3 Å². The SMILES string of the molecule is [N-]=[N+]=NCOC(=O)[C@@H]1CCCN1. The lowest BCUT2D eigenvalue weighted by Crippen LogP contribution is -2.32. The van der Waals surface area contributed by atoms with Gasteiger partial charge in [-0.1, -0.05) is 5.11 Å². The van der Waals surface area contributed by atoms with E-state index in [9.17, 15) is 4.79 Å².